The maximum atomic E-state index is 6.42. The largest absolute Gasteiger partial charge is 0.117 e. The van der Waals surface area contributed by atoms with Crippen molar-refractivity contribution in [2.24, 2.45) is 5.92 Å². The van der Waals surface area contributed by atoms with Crippen LogP contribution in [-0.2, 0) is 0 Å². The minimum Gasteiger partial charge on any atom is -0.117 e. The van der Waals surface area contributed by atoms with Crippen LogP contribution < -0.4 is 0 Å². The molecule has 0 N–H and O–H groups in total. The lowest BCUT2D eigenvalue weighted by Gasteiger charge is -2.06. The topological polar surface area (TPSA) is 0 Å². The number of allylic oxidation sites excluding steroid dienone is 2. The van der Waals surface area contributed by atoms with Gasteiger partial charge in [-0.3, -0.25) is 0 Å². The molecule has 0 aromatic heterocycles. The highest BCUT2D eigenvalue weighted by molar-refractivity contribution is 6.30. The van der Waals surface area contributed by atoms with Crippen LogP contribution in [0.2, 0.25) is 10.0 Å². The Kier molecular flexibility index (Phi) is 5.13. The average Bonchev–Trinajstić information content (AvgIpc) is 3.28. The second kappa shape index (κ2) is 7.08. The van der Waals surface area contributed by atoms with E-state index in [0.717, 1.165) is 22.0 Å². The van der Waals surface area contributed by atoms with Crippen LogP contribution in [0.3, 0.4) is 0 Å². The minimum absolute atomic E-state index is 0.00116. The smallest absolute Gasteiger partial charge is 0.0619 e. The first kappa shape index (κ1) is 15.9. The normalized spacial score (nSPS) is 22.0. The van der Waals surface area contributed by atoms with Crippen LogP contribution in [0.25, 0.3) is 0 Å². The predicted molar refractivity (Wildman–Crippen MR) is 96.1 cm³/mol. The minimum atomic E-state index is 0.00116. The number of hydrogen-bond donors (Lipinski definition) is 0. The second-order valence-electron chi connectivity index (χ2n) is 5.74. The Hall–Kier alpha value is -0.950. The van der Waals surface area contributed by atoms with E-state index in [0.29, 0.717) is 11.8 Å². The van der Waals surface area contributed by atoms with Crippen molar-refractivity contribution in [2.45, 2.75) is 24.1 Å². The molecule has 114 valence electrons. The summed E-state index contributed by atoms with van der Waals surface area (Å²) in [6, 6.07) is 15.9. The maximum absolute atomic E-state index is 6.42. The number of hydrogen-bond acceptors (Lipinski definition) is 0. The first-order chi connectivity index (χ1) is 10.6. The van der Waals surface area contributed by atoms with Gasteiger partial charge in [-0.05, 0) is 60.1 Å². The van der Waals surface area contributed by atoms with E-state index in [1.165, 1.54) is 12.0 Å². The van der Waals surface area contributed by atoms with Gasteiger partial charge in [-0.1, -0.05) is 59.6 Å². The highest BCUT2D eigenvalue weighted by Crippen LogP contribution is 2.48. The molecule has 0 spiro atoms. The number of benzene rings is 2. The summed E-state index contributed by atoms with van der Waals surface area (Å²) in [5.41, 5.74) is 2.49. The van der Waals surface area contributed by atoms with E-state index in [1.807, 2.05) is 36.4 Å². The van der Waals surface area contributed by atoms with Crippen LogP contribution >= 0.6 is 34.8 Å². The van der Waals surface area contributed by atoms with E-state index < -0.39 is 0 Å². The number of halogens is 3. The molecule has 22 heavy (non-hydrogen) atoms. The van der Waals surface area contributed by atoms with Crippen molar-refractivity contribution in [3.05, 3.63) is 81.9 Å². The summed E-state index contributed by atoms with van der Waals surface area (Å²) in [6.07, 6.45) is 6.55. The molecule has 0 aliphatic heterocycles. The van der Waals surface area contributed by atoms with Crippen molar-refractivity contribution in [3.63, 3.8) is 0 Å². The van der Waals surface area contributed by atoms with E-state index in [2.05, 4.69) is 24.3 Å². The molecule has 0 nitrogen and oxygen atoms in total. The van der Waals surface area contributed by atoms with E-state index >= 15 is 0 Å². The van der Waals surface area contributed by atoms with Crippen molar-refractivity contribution >= 4 is 34.8 Å². The molecule has 1 aliphatic carbocycles. The van der Waals surface area contributed by atoms with Crippen molar-refractivity contribution in [2.75, 3.05) is 0 Å². The molecule has 2 aromatic carbocycles. The van der Waals surface area contributed by atoms with Crippen LogP contribution in [-0.4, -0.2) is 0 Å². The molecular weight excluding hydrogens is 335 g/mol. The van der Waals surface area contributed by atoms with Gasteiger partial charge < -0.3 is 0 Å². The summed E-state index contributed by atoms with van der Waals surface area (Å²) >= 11 is 18.2. The zero-order chi connectivity index (χ0) is 15.5. The Balaban J connectivity index is 1.51. The van der Waals surface area contributed by atoms with Gasteiger partial charge in [0, 0.05) is 10.0 Å². The third-order valence-corrected chi connectivity index (χ3v) is 5.03. The molecule has 3 unspecified atom stereocenters. The third-order valence-electron chi connectivity index (χ3n) is 4.10. The van der Waals surface area contributed by atoms with Gasteiger partial charge in [0.05, 0.1) is 5.38 Å². The Morgan fingerprint density at radius 1 is 0.955 bits per heavy atom. The van der Waals surface area contributed by atoms with Crippen molar-refractivity contribution in [1.82, 2.24) is 0 Å². The molecule has 0 bridgehead atoms. The van der Waals surface area contributed by atoms with E-state index in [1.54, 1.807) is 0 Å². The van der Waals surface area contributed by atoms with Crippen molar-refractivity contribution in [3.8, 4) is 0 Å². The zero-order valence-corrected chi connectivity index (χ0v) is 14.3. The summed E-state index contributed by atoms with van der Waals surface area (Å²) in [4.78, 5) is 0. The molecule has 0 radical (unpaired) electrons. The molecule has 1 aliphatic rings. The number of rotatable bonds is 5. The summed E-state index contributed by atoms with van der Waals surface area (Å²) in [5.74, 6) is 1.27. The van der Waals surface area contributed by atoms with Crippen LogP contribution in [0.4, 0.5) is 0 Å². The standard InChI is InChI=1S/C19H17Cl3/c20-16-8-4-13(5-9-16)18-12-15(18)2-1-3-19(22)14-6-10-17(21)11-7-14/h1-2,4-11,15,18-19H,3,12H2/b2-1+. The Morgan fingerprint density at radius 2 is 1.55 bits per heavy atom. The van der Waals surface area contributed by atoms with Gasteiger partial charge >= 0.3 is 0 Å². The molecule has 1 saturated carbocycles. The van der Waals surface area contributed by atoms with E-state index in [4.69, 9.17) is 34.8 Å². The van der Waals surface area contributed by atoms with Gasteiger partial charge in [0.25, 0.3) is 0 Å². The molecule has 3 heteroatoms. The molecule has 0 saturated heterocycles. The molecule has 0 amide bonds. The Bertz CT molecular complexity index is 643. The molecule has 0 heterocycles. The number of alkyl halides is 1. The first-order valence-corrected chi connectivity index (χ1v) is 8.64. The lowest BCUT2D eigenvalue weighted by Crippen LogP contribution is -1.88. The lowest BCUT2D eigenvalue weighted by atomic mass is 10.1. The monoisotopic (exact) mass is 350 g/mol. The maximum Gasteiger partial charge on any atom is 0.0619 e. The fourth-order valence-electron chi connectivity index (χ4n) is 2.70. The van der Waals surface area contributed by atoms with Gasteiger partial charge in [0.2, 0.25) is 0 Å². The van der Waals surface area contributed by atoms with Crippen LogP contribution in [0.15, 0.2) is 60.7 Å². The summed E-state index contributed by atoms with van der Waals surface area (Å²) < 4.78 is 0. The van der Waals surface area contributed by atoms with Gasteiger partial charge in [-0.25, -0.2) is 0 Å². The summed E-state index contributed by atoms with van der Waals surface area (Å²) in [5, 5.41) is 1.54. The summed E-state index contributed by atoms with van der Waals surface area (Å²) in [6.45, 7) is 0. The fourth-order valence-corrected chi connectivity index (χ4v) is 3.20. The van der Waals surface area contributed by atoms with Gasteiger partial charge in [-0.15, -0.1) is 11.6 Å². The van der Waals surface area contributed by atoms with E-state index in [-0.39, 0.29) is 5.38 Å². The van der Waals surface area contributed by atoms with E-state index in [9.17, 15) is 0 Å². The Labute approximate surface area is 146 Å². The average molecular weight is 352 g/mol. The molecule has 3 rings (SSSR count). The van der Waals surface area contributed by atoms with Crippen molar-refractivity contribution in [1.29, 1.82) is 0 Å². The molecule has 2 aromatic rings. The van der Waals surface area contributed by atoms with Crippen molar-refractivity contribution < 1.29 is 0 Å². The third kappa shape index (κ3) is 4.07. The molecular formula is C19H17Cl3. The SMILES string of the molecule is Clc1ccc(C(Cl)C/C=C/C2CC2c2ccc(Cl)cc2)cc1. The highest BCUT2D eigenvalue weighted by atomic mass is 35.5. The fraction of sp³-hybridized carbons (Fsp3) is 0.263. The first-order valence-electron chi connectivity index (χ1n) is 7.45. The predicted octanol–water partition coefficient (Wildman–Crippen LogP) is 7.02. The molecule has 1 fully saturated rings. The van der Waals surface area contributed by atoms with Gasteiger partial charge in [-0.2, -0.15) is 0 Å². The quantitative estimate of drug-likeness (QED) is 0.401. The molecule has 3 atom stereocenters. The Morgan fingerprint density at radius 3 is 2.18 bits per heavy atom. The van der Waals surface area contributed by atoms with Crippen LogP contribution in [0.5, 0.6) is 0 Å². The lowest BCUT2D eigenvalue weighted by molar-refractivity contribution is 0.933. The van der Waals surface area contributed by atoms with Gasteiger partial charge in [0.1, 0.15) is 0 Å². The summed E-state index contributed by atoms with van der Waals surface area (Å²) in [7, 11) is 0. The van der Waals surface area contributed by atoms with Crippen LogP contribution in [0.1, 0.15) is 35.3 Å². The zero-order valence-electron chi connectivity index (χ0n) is 12.1. The second-order valence-corrected chi connectivity index (χ2v) is 7.14. The van der Waals surface area contributed by atoms with Crippen LogP contribution in [0, 0.1) is 5.92 Å². The highest BCUT2D eigenvalue weighted by Gasteiger charge is 2.35. The van der Waals surface area contributed by atoms with Gasteiger partial charge in [0.15, 0.2) is 0 Å².